The van der Waals surface area contributed by atoms with Gasteiger partial charge in [0.05, 0.1) is 0 Å². The van der Waals surface area contributed by atoms with Gasteiger partial charge in [-0.3, -0.25) is 0 Å². The normalized spacial score (nSPS) is 35.9. The molecule has 0 radical (unpaired) electrons. The summed E-state index contributed by atoms with van der Waals surface area (Å²) < 4.78 is 18.2. The van der Waals surface area contributed by atoms with E-state index in [9.17, 15) is 4.79 Å². The molecule has 5 rings (SSSR count). The molecule has 0 saturated heterocycles. The van der Waals surface area contributed by atoms with E-state index in [0.717, 1.165) is 58.3 Å². The van der Waals surface area contributed by atoms with Crippen LogP contribution in [0.15, 0.2) is 35.9 Å². The molecule has 0 bridgehead atoms. The number of fused-ring (bicyclic) bond motifs is 5. The minimum Gasteiger partial charge on any atom is -0.455 e. The molecule has 0 aliphatic heterocycles. The van der Waals surface area contributed by atoms with Gasteiger partial charge in [-0.1, -0.05) is 65.5 Å². The van der Waals surface area contributed by atoms with Gasteiger partial charge in [0, 0.05) is 16.9 Å². The first-order chi connectivity index (χ1) is 19.5. The molecule has 4 aliphatic carbocycles. The largest absolute Gasteiger partial charge is 0.511 e. The van der Waals surface area contributed by atoms with Crippen molar-refractivity contribution in [1.29, 1.82) is 0 Å². The fourth-order valence-electron chi connectivity index (χ4n) is 9.78. The fourth-order valence-corrected chi connectivity index (χ4v) is 10.1. The Morgan fingerprint density at radius 1 is 0.976 bits per heavy atom. The summed E-state index contributed by atoms with van der Waals surface area (Å²) in [5.41, 5.74) is 2.29. The highest BCUT2D eigenvalue weighted by Gasteiger charge is 2.59. The SMILES string of the molecule is CC(C)CCC[C@@H](C)[C@H]1CCC2C3CC=C4C[C@@H](OC(=O)OC(C)Oc5ccc(I)cc5)CC[C@]4(C)C3CC[C@@]21C. The zero-order valence-electron chi connectivity index (χ0n) is 26.3. The van der Waals surface area contributed by atoms with Crippen LogP contribution in [0, 0.1) is 49.9 Å². The molecule has 41 heavy (non-hydrogen) atoms. The molecule has 3 saturated carbocycles. The highest BCUT2D eigenvalue weighted by molar-refractivity contribution is 14.1. The van der Waals surface area contributed by atoms with Crippen molar-refractivity contribution in [3.8, 4) is 5.75 Å². The van der Waals surface area contributed by atoms with Crippen molar-refractivity contribution < 1.29 is 19.0 Å². The molecule has 1 aromatic rings. The molecule has 4 nitrogen and oxygen atoms in total. The second-order valence-corrected chi connectivity index (χ2v) is 16.0. The van der Waals surface area contributed by atoms with Gasteiger partial charge in [0.2, 0.25) is 6.29 Å². The smallest absolute Gasteiger partial charge is 0.455 e. The van der Waals surface area contributed by atoms with Crippen molar-refractivity contribution in [3.05, 3.63) is 39.5 Å². The van der Waals surface area contributed by atoms with Gasteiger partial charge in [0.1, 0.15) is 11.9 Å². The van der Waals surface area contributed by atoms with Gasteiger partial charge >= 0.3 is 6.16 Å². The topological polar surface area (TPSA) is 44.8 Å². The van der Waals surface area contributed by atoms with E-state index in [1.165, 1.54) is 56.9 Å². The third-order valence-electron chi connectivity index (χ3n) is 11.9. The van der Waals surface area contributed by atoms with E-state index in [1.54, 1.807) is 6.92 Å². The average Bonchev–Trinajstić information content (AvgIpc) is 3.27. The Labute approximate surface area is 262 Å². The van der Waals surface area contributed by atoms with Crippen LogP contribution >= 0.6 is 22.6 Å². The van der Waals surface area contributed by atoms with Crippen LogP contribution in [-0.2, 0) is 9.47 Å². The second kappa shape index (κ2) is 12.8. The summed E-state index contributed by atoms with van der Waals surface area (Å²) in [5.74, 6) is 5.70. The molecule has 5 heteroatoms. The van der Waals surface area contributed by atoms with Gasteiger partial charge in [-0.25, -0.2) is 4.79 Å². The predicted molar refractivity (Wildman–Crippen MR) is 174 cm³/mol. The zero-order chi connectivity index (χ0) is 29.4. The lowest BCUT2D eigenvalue weighted by atomic mass is 9.47. The molecule has 9 atom stereocenters. The summed E-state index contributed by atoms with van der Waals surface area (Å²) in [6.45, 7) is 14.2. The Bertz CT molecular complexity index is 1080. The molecule has 4 aliphatic rings. The first kappa shape index (κ1) is 31.2. The van der Waals surface area contributed by atoms with Crippen LogP contribution in [0.2, 0.25) is 0 Å². The Morgan fingerprint density at radius 3 is 2.46 bits per heavy atom. The van der Waals surface area contributed by atoms with Crippen LogP contribution < -0.4 is 4.74 Å². The fraction of sp³-hybridized carbons (Fsp3) is 0.750. The first-order valence-electron chi connectivity index (χ1n) is 16.5. The van der Waals surface area contributed by atoms with Crippen LogP contribution in [0.4, 0.5) is 4.79 Å². The van der Waals surface area contributed by atoms with Crippen molar-refractivity contribution in [2.45, 2.75) is 125 Å². The van der Waals surface area contributed by atoms with Gasteiger partial charge in [-0.05, 0) is 138 Å². The zero-order valence-corrected chi connectivity index (χ0v) is 28.5. The van der Waals surface area contributed by atoms with Gasteiger partial charge in [-0.15, -0.1) is 0 Å². The minimum absolute atomic E-state index is 0.111. The molecule has 0 heterocycles. The van der Waals surface area contributed by atoms with Crippen LogP contribution in [0.25, 0.3) is 0 Å². The molecule has 3 fully saturated rings. The molecule has 0 spiro atoms. The molecule has 0 aromatic heterocycles. The first-order valence-corrected chi connectivity index (χ1v) is 17.6. The summed E-state index contributed by atoms with van der Waals surface area (Å²) >= 11 is 2.25. The molecular weight excluding hydrogens is 623 g/mol. The second-order valence-electron chi connectivity index (χ2n) is 14.8. The standard InChI is InChI=1S/C36H53IO4/c1-23(2)8-7-9-24(3)31-16-17-32-30-15-10-26-22-29(18-20-35(26,5)33(30)19-21-36(31,32)6)41-34(38)40-25(4)39-28-13-11-27(37)12-14-28/h10-14,23-25,29-33H,7-9,15-22H2,1-6H3/t24-,25?,29+,30?,31-,32?,33?,35+,36-/m1/s1. The summed E-state index contributed by atoms with van der Waals surface area (Å²) in [5, 5.41) is 0. The van der Waals surface area contributed by atoms with Crippen molar-refractivity contribution in [3.63, 3.8) is 0 Å². The van der Waals surface area contributed by atoms with E-state index in [2.05, 4.69) is 63.3 Å². The average molecular weight is 677 g/mol. The van der Waals surface area contributed by atoms with Crippen LogP contribution in [0.5, 0.6) is 5.75 Å². The number of benzene rings is 1. The van der Waals surface area contributed by atoms with Crippen LogP contribution in [0.1, 0.15) is 112 Å². The number of halogens is 1. The lowest BCUT2D eigenvalue weighted by molar-refractivity contribution is -0.0802. The maximum atomic E-state index is 12.6. The molecule has 4 unspecified atom stereocenters. The number of carbonyl (C=O) groups is 1. The van der Waals surface area contributed by atoms with Crippen LogP contribution in [0.3, 0.4) is 0 Å². The quantitative estimate of drug-likeness (QED) is 0.113. The number of ether oxygens (including phenoxy) is 3. The van der Waals surface area contributed by atoms with E-state index in [4.69, 9.17) is 14.2 Å². The van der Waals surface area contributed by atoms with Crippen molar-refractivity contribution >= 4 is 28.7 Å². The summed E-state index contributed by atoms with van der Waals surface area (Å²) in [4.78, 5) is 12.6. The Morgan fingerprint density at radius 2 is 1.73 bits per heavy atom. The number of carbonyl (C=O) groups excluding carboxylic acids is 1. The van der Waals surface area contributed by atoms with E-state index < -0.39 is 12.4 Å². The van der Waals surface area contributed by atoms with Crippen molar-refractivity contribution in [2.24, 2.45) is 46.3 Å². The van der Waals surface area contributed by atoms with E-state index >= 15 is 0 Å². The lowest BCUT2D eigenvalue weighted by Crippen LogP contribution is -2.51. The highest BCUT2D eigenvalue weighted by Crippen LogP contribution is 2.67. The van der Waals surface area contributed by atoms with Crippen molar-refractivity contribution in [1.82, 2.24) is 0 Å². The maximum absolute atomic E-state index is 12.6. The van der Waals surface area contributed by atoms with Gasteiger partial charge in [0.25, 0.3) is 0 Å². The number of allylic oxidation sites excluding steroid dienone is 1. The van der Waals surface area contributed by atoms with Crippen LogP contribution in [-0.4, -0.2) is 18.5 Å². The monoisotopic (exact) mass is 676 g/mol. The number of rotatable bonds is 9. The Balaban J connectivity index is 1.17. The molecule has 0 amide bonds. The lowest BCUT2D eigenvalue weighted by Gasteiger charge is -2.58. The number of hydrogen-bond acceptors (Lipinski definition) is 4. The third-order valence-corrected chi connectivity index (χ3v) is 12.6. The predicted octanol–water partition coefficient (Wildman–Crippen LogP) is 10.6. The highest BCUT2D eigenvalue weighted by atomic mass is 127. The summed E-state index contributed by atoms with van der Waals surface area (Å²) in [6, 6.07) is 7.70. The summed E-state index contributed by atoms with van der Waals surface area (Å²) in [7, 11) is 0. The van der Waals surface area contributed by atoms with E-state index in [1.807, 2.05) is 24.3 Å². The van der Waals surface area contributed by atoms with Gasteiger partial charge < -0.3 is 14.2 Å². The Hall–Kier alpha value is -1.24. The third kappa shape index (κ3) is 6.65. The summed E-state index contributed by atoms with van der Waals surface area (Å²) in [6.07, 6.45) is 15.0. The maximum Gasteiger partial charge on any atom is 0.511 e. The molecule has 0 N–H and O–H groups in total. The molecule has 228 valence electrons. The molecule has 1 aromatic carbocycles. The van der Waals surface area contributed by atoms with Crippen molar-refractivity contribution in [2.75, 3.05) is 0 Å². The Kier molecular flexibility index (Phi) is 9.72. The molecular formula is C36H53IO4. The van der Waals surface area contributed by atoms with E-state index in [0.29, 0.717) is 11.2 Å². The van der Waals surface area contributed by atoms with Gasteiger partial charge in [0.15, 0.2) is 0 Å². The van der Waals surface area contributed by atoms with Gasteiger partial charge in [-0.2, -0.15) is 0 Å². The van der Waals surface area contributed by atoms with E-state index in [-0.39, 0.29) is 11.5 Å². The number of hydrogen-bond donors (Lipinski definition) is 0. The minimum atomic E-state index is -0.698.